The summed E-state index contributed by atoms with van der Waals surface area (Å²) in [6.45, 7) is 9.08. The molecule has 1 heterocycles. The summed E-state index contributed by atoms with van der Waals surface area (Å²) in [4.78, 5) is 0. The molecule has 1 rings (SSSR count). The molecule has 1 atom stereocenters. The molecular formula is C9H18FN3. The Morgan fingerprint density at radius 3 is 2.23 bits per heavy atom. The summed E-state index contributed by atoms with van der Waals surface area (Å²) >= 11 is 0. The van der Waals surface area contributed by atoms with Crippen molar-refractivity contribution in [2.45, 2.75) is 46.3 Å². The number of halogens is 1. The predicted molar refractivity (Wildman–Crippen MR) is 51.3 cm³/mol. The quantitative estimate of drug-likeness (QED) is 0.711. The number of nitrogens with zero attached hydrogens (tertiary/aromatic N) is 3. The van der Waals surface area contributed by atoms with Crippen LogP contribution in [0.5, 0.6) is 0 Å². The molecule has 0 N–H and O–H groups in total. The number of aromatic nitrogens is 3. The van der Waals surface area contributed by atoms with Crippen molar-refractivity contribution in [3.63, 3.8) is 0 Å². The fraction of sp³-hybridized carbons (Fsp3) is 0.778. The van der Waals surface area contributed by atoms with Gasteiger partial charge in [-0.3, -0.25) is 0 Å². The molecule has 0 bridgehead atoms. The number of alkyl halides is 1. The summed E-state index contributed by atoms with van der Waals surface area (Å²) in [7, 11) is 0. The highest BCUT2D eigenvalue weighted by molar-refractivity contribution is 4.83. The van der Waals surface area contributed by atoms with Crippen LogP contribution in [-0.2, 0) is 5.54 Å². The van der Waals surface area contributed by atoms with Crippen molar-refractivity contribution in [3.05, 3.63) is 12.4 Å². The normalized spacial score (nSPS) is 13.1. The number of hydrogen-bond acceptors (Lipinski definition) is 2. The van der Waals surface area contributed by atoms with E-state index in [0.717, 1.165) is 0 Å². The van der Waals surface area contributed by atoms with Crippen molar-refractivity contribution in [1.29, 1.82) is 0 Å². The highest BCUT2D eigenvalue weighted by Crippen LogP contribution is 2.20. The molecule has 0 amide bonds. The smallest absolute Gasteiger partial charge is 0.122 e. The van der Waals surface area contributed by atoms with Gasteiger partial charge in [-0.25, -0.2) is 9.07 Å². The molecule has 76 valence electrons. The molecular weight excluding hydrogens is 169 g/mol. The van der Waals surface area contributed by atoms with E-state index in [0.29, 0.717) is 0 Å². The lowest BCUT2D eigenvalue weighted by Crippen LogP contribution is -2.35. The molecule has 4 heteroatoms. The third-order valence-electron chi connectivity index (χ3n) is 1.99. The van der Waals surface area contributed by atoms with Crippen LogP contribution in [0.2, 0.25) is 0 Å². The first-order chi connectivity index (χ1) is 6.05. The summed E-state index contributed by atoms with van der Waals surface area (Å²) < 4.78 is 14.5. The zero-order valence-corrected chi connectivity index (χ0v) is 8.95. The van der Waals surface area contributed by atoms with Gasteiger partial charge in [0, 0.05) is 6.20 Å². The molecule has 1 unspecified atom stereocenters. The van der Waals surface area contributed by atoms with Gasteiger partial charge in [0.15, 0.2) is 0 Å². The van der Waals surface area contributed by atoms with E-state index < -0.39 is 11.7 Å². The zero-order chi connectivity index (χ0) is 10.5. The highest BCUT2D eigenvalue weighted by atomic mass is 19.1. The van der Waals surface area contributed by atoms with Gasteiger partial charge in [0.2, 0.25) is 0 Å². The van der Waals surface area contributed by atoms with E-state index in [1.165, 1.54) is 11.6 Å². The molecule has 13 heavy (non-hydrogen) atoms. The fourth-order valence-corrected chi connectivity index (χ4v) is 0.698. The minimum Gasteiger partial charge on any atom is -0.245 e. The molecule has 3 nitrogen and oxygen atoms in total. The van der Waals surface area contributed by atoms with E-state index in [2.05, 4.69) is 10.3 Å². The fourth-order valence-electron chi connectivity index (χ4n) is 0.698. The monoisotopic (exact) mass is 187 g/mol. The Kier molecular flexibility index (Phi) is 4.59. The van der Waals surface area contributed by atoms with Gasteiger partial charge < -0.3 is 0 Å². The molecule has 0 aliphatic rings. The first kappa shape index (κ1) is 12.1. The van der Waals surface area contributed by atoms with Gasteiger partial charge >= 0.3 is 0 Å². The average Bonchev–Trinajstić information content (AvgIpc) is 2.60. The zero-order valence-electron chi connectivity index (χ0n) is 8.95. The second-order valence-corrected chi connectivity index (χ2v) is 3.12. The van der Waals surface area contributed by atoms with E-state index in [9.17, 15) is 4.39 Å². The molecule has 1 aromatic rings. The van der Waals surface area contributed by atoms with E-state index in [1.54, 1.807) is 26.2 Å². The van der Waals surface area contributed by atoms with Crippen LogP contribution in [0.25, 0.3) is 0 Å². The number of rotatable bonds is 2. The van der Waals surface area contributed by atoms with Crippen molar-refractivity contribution in [2.24, 2.45) is 0 Å². The maximum absolute atomic E-state index is 13.0. The van der Waals surface area contributed by atoms with Gasteiger partial charge in [0.1, 0.15) is 6.17 Å². The van der Waals surface area contributed by atoms with Crippen LogP contribution < -0.4 is 0 Å². The largest absolute Gasteiger partial charge is 0.245 e. The van der Waals surface area contributed by atoms with Crippen molar-refractivity contribution < 1.29 is 4.39 Å². The van der Waals surface area contributed by atoms with Crippen molar-refractivity contribution in [2.75, 3.05) is 0 Å². The van der Waals surface area contributed by atoms with Gasteiger partial charge in [-0.15, -0.1) is 5.10 Å². The first-order valence-electron chi connectivity index (χ1n) is 4.56. The SMILES string of the molecule is CC.CC(F)C(C)(C)n1ccnn1. The first-order valence-corrected chi connectivity index (χ1v) is 4.56. The summed E-state index contributed by atoms with van der Waals surface area (Å²) in [6.07, 6.45) is 2.27. The Hall–Kier alpha value is -0.930. The van der Waals surface area contributed by atoms with Crippen LogP contribution >= 0.6 is 0 Å². The Balaban J connectivity index is 0.000000671. The predicted octanol–water partition coefficient (Wildman–Crippen LogP) is 2.40. The molecule has 0 saturated carbocycles. The third-order valence-corrected chi connectivity index (χ3v) is 1.99. The van der Waals surface area contributed by atoms with Crippen molar-refractivity contribution in [1.82, 2.24) is 15.0 Å². The summed E-state index contributed by atoms with van der Waals surface area (Å²) in [6, 6.07) is 0. The van der Waals surface area contributed by atoms with Crippen molar-refractivity contribution in [3.8, 4) is 0 Å². The molecule has 0 spiro atoms. The van der Waals surface area contributed by atoms with Gasteiger partial charge in [-0.05, 0) is 20.8 Å². The Morgan fingerprint density at radius 1 is 1.38 bits per heavy atom. The minimum atomic E-state index is -0.941. The molecule has 0 saturated heterocycles. The lowest BCUT2D eigenvalue weighted by atomic mass is 10.0. The molecule has 0 fully saturated rings. The topological polar surface area (TPSA) is 30.7 Å². The Bertz CT molecular complexity index is 217. The second kappa shape index (κ2) is 4.94. The molecule has 1 aromatic heterocycles. The second-order valence-electron chi connectivity index (χ2n) is 3.12. The maximum atomic E-state index is 13.0. The summed E-state index contributed by atoms with van der Waals surface area (Å²) in [5, 5.41) is 7.35. The molecule has 0 radical (unpaired) electrons. The summed E-state index contributed by atoms with van der Waals surface area (Å²) in [5.41, 5.74) is -0.601. The average molecular weight is 187 g/mol. The van der Waals surface area contributed by atoms with Gasteiger partial charge in [-0.2, -0.15) is 0 Å². The molecule has 0 aliphatic heterocycles. The van der Waals surface area contributed by atoms with Crippen molar-refractivity contribution >= 4 is 0 Å². The molecule has 0 aliphatic carbocycles. The maximum Gasteiger partial charge on any atom is 0.122 e. The Morgan fingerprint density at radius 2 is 1.92 bits per heavy atom. The lowest BCUT2D eigenvalue weighted by molar-refractivity contribution is 0.149. The van der Waals surface area contributed by atoms with Crippen LogP contribution in [-0.4, -0.2) is 21.2 Å². The number of hydrogen-bond donors (Lipinski definition) is 0. The van der Waals surface area contributed by atoms with E-state index in [4.69, 9.17) is 0 Å². The van der Waals surface area contributed by atoms with E-state index >= 15 is 0 Å². The third kappa shape index (κ3) is 2.79. The Labute approximate surface area is 79.0 Å². The van der Waals surface area contributed by atoms with E-state index in [-0.39, 0.29) is 0 Å². The van der Waals surface area contributed by atoms with Gasteiger partial charge in [-0.1, -0.05) is 19.1 Å². The van der Waals surface area contributed by atoms with E-state index in [1.807, 2.05) is 13.8 Å². The van der Waals surface area contributed by atoms with Crippen LogP contribution in [0, 0.1) is 0 Å². The van der Waals surface area contributed by atoms with Crippen LogP contribution in [0.3, 0.4) is 0 Å². The standard InChI is InChI=1S/C7H12FN3.C2H6/c1-6(8)7(2,3)11-5-4-9-10-11;1-2/h4-6H,1-3H3;1-2H3. The summed E-state index contributed by atoms with van der Waals surface area (Å²) in [5.74, 6) is 0. The minimum absolute atomic E-state index is 0.601. The van der Waals surface area contributed by atoms with Crippen LogP contribution in [0.1, 0.15) is 34.6 Å². The molecule has 0 aromatic carbocycles. The van der Waals surface area contributed by atoms with Crippen LogP contribution in [0.15, 0.2) is 12.4 Å². The lowest BCUT2D eigenvalue weighted by Gasteiger charge is -2.25. The van der Waals surface area contributed by atoms with Gasteiger partial charge in [0.25, 0.3) is 0 Å². The highest BCUT2D eigenvalue weighted by Gasteiger charge is 2.28. The van der Waals surface area contributed by atoms with Gasteiger partial charge in [0.05, 0.1) is 11.7 Å². The van der Waals surface area contributed by atoms with Crippen LogP contribution in [0.4, 0.5) is 4.39 Å².